The summed E-state index contributed by atoms with van der Waals surface area (Å²) in [6, 6.07) is 1.75. The summed E-state index contributed by atoms with van der Waals surface area (Å²) >= 11 is 0. The van der Waals surface area contributed by atoms with Crippen LogP contribution in [0.4, 0.5) is 17.6 Å². The van der Waals surface area contributed by atoms with E-state index in [2.05, 4.69) is 5.32 Å². The van der Waals surface area contributed by atoms with Gasteiger partial charge in [-0.15, -0.1) is 0 Å². The zero-order valence-electron chi connectivity index (χ0n) is 9.15. The average molecular weight is 247 g/mol. The Bertz CT molecular complexity index is 402. The summed E-state index contributed by atoms with van der Waals surface area (Å²) in [5.74, 6) is -4.63. The third kappa shape index (κ3) is 2.44. The van der Waals surface area contributed by atoms with Gasteiger partial charge in [0.2, 0.25) is 0 Å². The molecule has 1 aromatic carbocycles. The van der Waals surface area contributed by atoms with Gasteiger partial charge in [-0.25, -0.2) is 17.6 Å². The second-order valence-electron chi connectivity index (χ2n) is 4.25. The molecule has 0 saturated carbocycles. The van der Waals surface area contributed by atoms with Gasteiger partial charge < -0.3 is 5.32 Å². The van der Waals surface area contributed by atoms with Gasteiger partial charge in [-0.05, 0) is 37.9 Å². The molecule has 1 saturated heterocycles. The van der Waals surface area contributed by atoms with Crippen LogP contribution in [0, 0.1) is 23.4 Å². The Morgan fingerprint density at radius 3 is 2.35 bits per heavy atom. The Balaban J connectivity index is 2.24. The lowest BCUT2D eigenvalue weighted by Crippen LogP contribution is -2.30. The summed E-state index contributed by atoms with van der Waals surface area (Å²) in [6.07, 6.45) is -0.439. The first-order valence-electron chi connectivity index (χ1n) is 5.59. The SMILES string of the molecule is Fc1ccc(C(F)C2CCNCC2)c(F)c1F. The van der Waals surface area contributed by atoms with Crippen molar-refractivity contribution in [3.05, 3.63) is 35.1 Å². The fraction of sp³-hybridized carbons (Fsp3) is 0.500. The van der Waals surface area contributed by atoms with Gasteiger partial charge in [-0.3, -0.25) is 0 Å². The van der Waals surface area contributed by atoms with Gasteiger partial charge in [0.25, 0.3) is 0 Å². The van der Waals surface area contributed by atoms with Crippen LogP contribution in [0.1, 0.15) is 24.6 Å². The quantitative estimate of drug-likeness (QED) is 0.625. The smallest absolute Gasteiger partial charge is 0.194 e. The van der Waals surface area contributed by atoms with Gasteiger partial charge in [0, 0.05) is 5.56 Å². The molecule has 1 aromatic rings. The number of rotatable bonds is 2. The third-order valence-electron chi connectivity index (χ3n) is 3.16. The van der Waals surface area contributed by atoms with Gasteiger partial charge in [-0.2, -0.15) is 0 Å². The van der Waals surface area contributed by atoms with Crippen molar-refractivity contribution in [1.82, 2.24) is 5.32 Å². The summed E-state index contributed by atoms with van der Waals surface area (Å²) in [7, 11) is 0. The molecule has 0 spiro atoms. The normalized spacial score (nSPS) is 19.3. The van der Waals surface area contributed by atoms with E-state index >= 15 is 0 Å². The maximum absolute atomic E-state index is 14.0. The fourth-order valence-corrected chi connectivity index (χ4v) is 2.14. The minimum absolute atomic E-state index is 0.337. The summed E-state index contributed by atoms with van der Waals surface area (Å²) in [5, 5.41) is 3.06. The third-order valence-corrected chi connectivity index (χ3v) is 3.16. The first kappa shape index (κ1) is 12.4. The Morgan fingerprint density at radius 1 is 1.06 bits per heavy atom. The minimum Gasteiger partial charge on any atom is -0.317 e. The average Bonchev–Trinajstić information content (AvgIpc) is 2.36. The number of piperidine rings is 1. The number of benzene rings is 1. The fourth-order valence-electron chi connectivity index (χ4n) is 2.14. The molecule has 0 aliphatic carbocycles. The van der Waals surface area contributed by atoms with E-state index < -0.39 is 23.6 Å². The molecule has 1 aliphatic heterocycles. The lowest BCUT2D eigenvalue weighted by atomic mass is 9.89. The van der Waals surface area contributed by atoms with Crippen molar-refractivity contribution in [2.45, 2.75) is 19.0 Å². The van der Waals surface area contributed by atoms with E-state index in [0.29, 0.717) is 25.9 Å². The molecule has 0 radical (unpaired) electrons. The lowest BCUT2D eigenvalue weighted by Gasteiger charge is -2.26. The van der Waals surface area contributed by atoms with Crippen LogP contribution in [-0.2, 0) is 0 Å². The molecule has 0 aromatic heterocycles. The Morgan fingerprint density at radius 2 is 1.71 bits per heavy atom. The molecule has 1 unspecified atom stereocenters. The monoisotopic (exact) mass is 247 g/mol. The van der Waals surface area contributed by atoms with Gasteiger partial charge in [0.1, 0.15) is 6.17 Å². The summed E-state index contributed by atoms with van der Waals surface area (Å²) in [4.78, 5) is 0. The molecule has 1 heterocycles. The lowest BCUT2D eigenvalue weighted by molar-refractivity contribution is 0.184. The molecule has 2 rings (SSSR count). The van der Waals surface area contributed by atoms with E-state index in [9.17, 15) is 17.6 Å². The molecule has 1 atom stereocenters. The van der Waals surface area contributed by atoms with E-state index in [4.69, 9.17) is 0 Å². The van der Waals surface area contributed by atoms with Gasteiger partial charge in [0.15, 0.2) is 17.5 Å². The second-order valence-corrected chi connectivity index (χ2v) is 4.25. The zero-order chi connectivity index (χ0) is 12.4. The number of hydrogen-bond acceptors (Lipinski definition) is 1. The van der Waals surface area contributed by atoms with Crippen molar-refractivity contribution < 1.29 is 17.6 Å². The van der Waals surface area contributed by atoms with Crippen molar-refractivity contribution in [2.75, 3.05) is 13.1 Å². The molecular weight excluding hydrogens is 234 g/mol. The Labute approximate surface area is 96.8 Å². The number of hydrogen-bond donors (Lipinski definition) is 1. The predicted octanol–water partition coefficient (Wildman–Crippen LogP) is 3.11. The number of nitrogens with one attached hydrogen (secondary N) is 1. The molecule has 17 heavy (non-hydrogen) atoms. The predicted molar refractivity (Wildman–Crippen MR) is 55.8 cm³/mol. The van der Waals surface area contributed by atoms with Crippen LogP contribution >= 0.6 is 0 Å². The standard InChI is InChI=1S/C12H13F4N/c13-9-2-1-8(11(15)12(9)16)10(14)7-3-5-17-6-4-7/h1-2,7,10,17H,3-6H2. The summed E-state index contributed by atoms with van der Waals surface area (Å²) in [5.41, 5.74) is -0.379. The van der Waals surface area contributed by atoms with Crippen LogP contribution in [-0.4, -0.2) is 13.1 Å². The highest BCUT2D eigenvalue weighted by atomic mass is 19.2. The summed E-state index contributed by atoms with van der Waals surface area (Å²) < 4.78 is 53.1. The van der Waals surface area contributed by atoms with Crippen LogP contribution in [0.5, 0.6) is 0 Å². The molecule has 1 aliphatic rings. The number of halogens is 4. The van der Waals surface area contributed by atoms with E-state index in [-0.39, 0.29) is 11.5 Å². The Kier molecular flexibility index (Phi) is 3.66. The molecule has 1 fully saturated rings. The van der Waals surface area contributed by atoms with Crippen molar-refractivity contribution in [2.24, 2.45) is 5.92 Å². The first-order chi connectivity index (χ1) is 8.11. The van der Waals surface area contributed by atoms with Gasteiger partial charge in [-0.1, -0.05) is 6.07 Å². The summed E-state index contributed by atoms with van der Waals surface area (Å²) in [6.45, 7) is 1.33. The van der Waals surface area contributed by atoms with Crippen LogP contribution in [0.15, 0.2) is 12.1 Å². The van der Waals surface area contributed by atoms with Gasteiger partial charge >= 0.3 is 0 Å². The second kappa shape index (κ2) is 5.04. The van der Waals surface area contributed by atoms with E-state index in [1.54, 1.807) is 0 Å². The molecule has 5 heteroatoms. The molecule has 94 valence electrons. The van der Waals surface area contributed by atoms with Gasteiger partial charge in [0.05, 0.1) is 0 Å². The molecular formula is C12H13F4N. The highest BCUT2D eigenvalue weighted by Gasteiger charge is 2.28. The first-order valence-corrected chi connectivity index (χ1v) is 5.59. The van der Waals surface area contributed by atoms with Crippen LogP contribution < -0.4 is 5.32 Å². The number of alkyl halides is 1. The van der Waals surface area contributed by atoms with Crippen molar-refractivity contribution in [3.63, 3.8) is 0 Å². The minimum atomic E-state index is -1.60. The van der Waals surface area contributed by atoms with Crippen molar-refractivity contribution in [1.29, 1.82) is 0 Å². The topological polar surface area (TPSA) is 12.0 Å². The highest BCUT2D eigenvalue weighted by Crippen LogP contribution is 2.34. The van der Waals surface area contributed by atoms with Crippen molar-refractivity contribution in [3.8, 4) is 0 Å². The maximum atomic E-state index is 14.0. The van der Waals surface area contributed by atoms with Crippen molar-refractivity contribution >= 4 is 0 Å². The maximum Gasteiger partial charge on any atom is 0.194 e. The Hall–Kier alpha value is -1.10. The molecule has 0 amide bonds. The zero-order valence-corrected chi connectivity index (χ0v) is 9.15. The largest absolute Gasteiger partial charge is 0.317 e. The van der Waals surface area contributed by atoms with Crippen LogP contribution in [0.2, 0.25) is 0 Å². The van der Waals surface area contributed by atoms with E-state index in [1.165, 1.54) is 0 Å². The van der Waals surface area contributed by atoms with E-state index in [0.717, 1.165) is 12.1 Å². The molecule has 1 nitrogen and oxygen atoms in total. The molecule has 1 N–H and O–H groups in total. The molecule has 0 bridgehead atoms. The van der Waals surface area contributed by atoms with Crippen LogP contribution in [0.3, 0.4) is 0 Å². The van der Waals surface area contributed by atoms with E-state index in [1.807, 2.05) is 0 Å². The van der Waals surface area contributed by atoms with Crippen LogP contribution in [0.25, 0.3) is 0 Å². The highest BCUT2D eigenvalue weighted by molar-refractivity contribution is 5.23.